The highest BCUT2D eigenvalue weighted by molar-refractivity contribution is 6.31. The summed E-state index contributed by atoms with van der Waals surface area (Å²) in [5.74, 6) is 0.0918. The summed E-state index contributed by atoms with van der Waals surface area (Å²) >= 11 is 6.15. The van der Waals surface area contributed by atoms with Crippen LogP contribution in [-0.2, 0) is 11.3 Å². The van der Waals surface area contributed by atoms with Gasteiger partial charge >= 0.3 is 0 Å². The number of benzene rings is 1. The Bertz CT molecular complexity index is 551. The van der Waals surface area contributed by atoms with Crippen molar-refractivity contribution < 1.29 is 4.79 Å². The third-order valence-electron chi connectivity index (χ3n) is 5.21. The molecule has 0 spiro atoms. The van der Waals surface area contributed by atoms with E-state index in [0.29, 0.717) is 17.6 Å². The van der Waals surface area contributed by atoms with Gasteiger partial charge in [0, 0.05) is 37.2 Å². The van der Waals surface area contributed by atoms with Crippen LogP contribution in [0.2, 0.25) is 5.02 Å². The van der Waals surface area contributed by atoms with Crippen LogP contribution < -0.4 is 5.32 Å². The lowest BCUT2D eigenvalue weighted by molar-refractivity contribution is -0.127. The summed E-state index contributed by atoms with van der Waals surface area (Å²) in [6, 6.07) is 8.21. The van der Waals surface area contributed by atoms with Gasteiger partial charge in [-0.15, -0.1) is 0 Å². The summed E-state index contributed by atoms with van der Waals surface area (Å²) in [6.45, 7) is 6.82. The highest BCUT2D eigenvalue weighted by atomic mass is 35.5. The van der Waals surface area contributed by atoms with Crippen LogP contribution in [0, 0.1) is 0 Å². The Morgan fingerprint density at radius 3 is 2.96 bits per heavy atom. The molecule has 5 heteroatoms. The fraction of sp³-hybridized carbons (Fsp3) is 0.611. The molecule has 4 nitrogen and oxygen atoms in total. The number of halogens is 1. The lowest BCUT2D eigenvalue weighted by Gasteiger charge is -2.45. The van der Waals surface area contributed by atoms with Gasteiger partial charge in [0.25, 0.3) is 0 Å². The van der Waals surface area contributed by atoms with E-state index >= 15 is 0 Å². The molecule has 0 radical (unpaired) electrons. The SMILES string of the molecule is C[C@@H](C(=O)NCc1ccccc1Cl)N1CCN2CCCC[C@H]2C1. The van der Waals surface area contributed by atoms with Gasteiger partial charge in [-0.1, -0.05) is 36.2 Å². The number of carbonyl (C=O) groups excluding carboxylic acids is 1. The third-order valence-corrected chi connectivity index (χ3v) is 5.58. The van der Waals surface area contributed by atoms with Gasteiger partial charge in [0.15, 0.2) is 0 Å². The summed E-state index contributed by atoms with van der Waals surface area (Å²) < 4.78 is 0. The van der Waals surface area contributed by atoms with E-state index in [0.717, 1.165) is 25.2 Å². The fourth-order valence-electron chi connectivity index (χ4n) is 3.67. The number of nitrogens with one attached hydrogen (secondary N) is 1. The Morgan fingerprint density at radius 1 is 1.30 bits per heavy atom. The van der Waals surface area contributed by atoms with E-state index in [9.17, 15) is 4.79 Å². The first-order valence-electron chi connectivity index (χ1n) is 8.64. The summed E-state index contributed by atoms with van der Waals surface area (Å²) in [5, 5.41) is 3.74. The molecule has 0 bridgehead atoms. The molecule has 2 heterocycles. The van der Waals surface area contributed by atoms with Crippen molar-refractivity contribution in [2.75, 3.05) is 26.2 Å². The molecule has 1 aromatic carbocycles. The lowest BCUT2D eigenvalue weighted by Crippen LogP contribution is -2.59. The Balaban J connectivity index is 1.52. The van der Waals surface area contributed by atoms with Gasteiger partial charge in [-0.25, -0.2) is 0 Å². The largest absolute Gasteiger partial charge is 0.351 e. The minimum absolute atomic E-state index is 0.0819. The second-order valence-electron chi connectivity index (χ2n) is 6.67. The summed E-state index contributed by atoms with van der Waals surface area (Å²) in [5.41, 5.74) is 0.965. The molecule has 126 valence electrons. The third kappa shape index (κ3) is 4.06. The van der Waals surface area contributed by atoms with Gasteiger partial charge in [0.1, 0.15) is 0 Å². The number of hydrogen-bond donors (Lipinski definition) is 1. The van der Waals surface area contributed by atoms with Crippen molar-refractivity contribution in [2.24, 2.45) is 0 Å². The Labute approximate surface area is 143 Å². The first kappa shape index (κ1) is 16.7. The molecule has 0 unspecified atom stereocenters. The van der Waals surface area contributed by atoms with E-state index in [1.165, 1.54) is 25.8 Å². The van der Waals surface area contributed by atoms with Crippen LogP contribution in [0.25, 0.3) is 0 Å². The summed E-state index contributed by atoms with van der Waals surface area (Å²) in [7, 11) is 0. The molecular weight excluding hydrogens is 310 g/mol. The molecule has 2 fully saturated rings. The highest BCUT2D eigenvalue weighted by Crippen LogP contribution is 2.22. The predicted octanol–water partition coefficient (Wildman–Crippen LogP) is 2.51. The molecule has 2 aliphatic heterocycles. The zero-order valence-corrected chi connectivity index (χ0v) is 14.6. The van der Waals surface area contributed by atoms with Crippen LogP contribution in [0.4, 0.5) is 0 Å². The molecule has 3 rings (SSSR count). The normalized spacial score (nSPS) is 24.0. The fourth-order valence-corrected chi connectivity index (χ4v) is 3.87. The molecule has 2 aliphatic rings. The number of hydrogen-bond acceptors (Lipinski definition) is 3. The average molecular weight is 336 g/mol. The smallest absolute Gasteiger partial charge is 0.237 e. The number of fused-ring (bicyclic) bond motifs is 1. The zero-order valence-electron chi connectivity index (χ0n) is 13.8. The van der Waals surface area contributed by atoms with Crippen molar-refractivity contribution in [3.63, 3.8) is 0 Å². The molecule has 0 aromatic heterocycles. The van der Waals surface area contributed by atoms with E-state index < -0.39 is 0 Å². The van der Waals surface area contributed by atoms with Crippen molar-refractivity contribution in [1.29, 1.82) is 0 Å². The maximum absolute atomic E-state index is 12.5. The van der Waals surface area contributed by atoms with Gasteiger partial charge in [0.05, 0.1) is 6.04 Å². The summed E-state index contributed by atoms with van der Waals surface area (Å²) in [4.78, 5) is 17.4. The van der Waals surface area contributed by atoms with Crippen LogP contribution in [-0.4, -0.2) is 54.0 Å². The summed E-state index contributed by atoms with van der Waals surface area (Å²) in [6.07, 6.45) is 3.91. The van der Waals surface area contributed by atoms with Crippen molar-refractivity contribution in [1.82, 2.24) is 15.1 Å². The van der Waals surface area contributed by atoms with Crippen LogP contribution >= 0.6 is 11.6 Å². The van der Waals surface area contributed by atoms with E-state index in [1.807, 2.05) is 31.2 Å². The zero-order chi connectivity index (χ0) is 16.2. The number of carbonyl (C=O) groups is 1. The number of rotatable bonds is 4. The van der Waals surface area contributed by atoms with Gasteiger partial charge in [-0.3, -0.25) is 14.6 Å². The lowest BCUT2D eigenvalue weighted by atomic mass is 9.98. The standard InChI is InChI=1S/C18H26ClN3O/c1-14(18(23)20-12-15-6-2-3-8-17(15)19)22-11-10-21-9-5-4-7-16(21)13-22/h2-3,6,8,14,16H,4-5,7,9-13H2,1H3,(H,20,23)/t14-,16-/m0/s1. The van der Waals surface area contributed by atoms with Crippen molar-refractivity contribution in [3.8, 4) is 0 Å². The number of amides is 1. The predicted molar refractivity (Wildman–Crippen MR) is 93.5 cm³/mol. The monoisotopic (exact) mass is 335 g/mol. The van der Waals surface area contributed by atoms with E-state index in [2.05, 4.69) is 15.1 Å². The van der Waals surface area contributed by atoms with Gasteiger partial charge in [0.2, 0.25) is 5.91 Å². The maximum atomic E-state index is 12.5. The molecule has 23 heavy (non-hydrogen) atoms. The minimum Gasteiger partial charge on any atom is -0.351 e. The molecule has 2 atom stereocenters. The number of piperidine rings is 1. The van der Waals surface area contributed by atoms with Crippen molar-refractivity contribution >= 4 is 17.5 Å². The van der Waals surface area contributed by atoms with Gasteiger partial charge in [-0.2, -0.15) is 0 Å². The Morgan fingerprint density at radius 2 is 2.13 bits per heavy atom. The Hall–Kier alpha value is -1.10. The van der Waals surface area contributed by atoms with Crippen LogP contribution in [0.1, 0.15) is 31.7 Å². The van der Waals surface area contributed by atoms with Gasteiger partial charge < -0.3 is 5.32 Å². The molecule has 0 aliphatic carbocycles. The van der Waals surface area contributed by atoms with Crippen LogP contribution in [0.5, 0.6) is 0 Å². The first-order chi connectivity index (χ1) is 11.1. The van der Waals surface area contributed by atoms with Gasteiger partial charge in [-0.05, 0) is 37.9 Å². The highest BCUT2D eigenvalue weighted by Gasteiger charge is 2.32. The van der Waals surface area contributed by atoms with Crippen LogP contribution in [0.15, 0.2) is 24.3 Å². The molecule has 0 saturated carbocycles. The minimum atomic E-state index is -0.0819. The topological polar surface area (TPSA) is 35.6 Å². The van der Waals surface area contributed by atoms with Crippen LogP contribution in [0.3, 0.4) is 0 Å². The Kier molecular flexibility index (Phi) is 5.57. The quantitative estimate of drug-likeness (QED) is 0.918. The molecule has 1 aromatic rings. The van der Waals surface area contributed by atoms with E-state index in [1.54, 1.807) is 0 Å². The van der Waals surface area contributed by atoms with E-state index in [-0.39, 0.29) is 11.9 Å². The molecule has 1 N–H and O–H groups in total. The second kappa shape index (κ2) is 7.65. The second-order valence-corrected chi connectivity index (χ2v) is 7.07. The number of piperazine rings is 1. The molecule has 1 amide bonds. The van der Waals surface area contributed by atoms with Crippen molar-refractivity contribution in [2.45, 2.75) is 44.8 Å². The average Bonchev–Trinajstić information content (AvgIpc) is 2.59. The van der Waals surface area contributed by atoms with Crippen molar-refractivity contribution in [3.05, 3.63) is 34.9 Å². The molecule has 2 saturated heterocycles. The molecular formula is C18H26ClN3O. The maximum Gasteiger partial charge on any atom is 0.237 e. The number of nitrogens with zero attached hydrogens (tertiary/aromatic N) is 2. The first-order valence-corrected chi connectivity index (χ1v) is 9.02. The van der Waals surface area contributed by atoms with E-state index in [4.69, 9.17) is 11.6 Å².